The summed E-state index contributed by atoms with van der Waals surface area (Å²) in [5, 5.41) is 10.7. The standard InChI is InChI=1S/C18H30N2O/c1-5-15-8-10-16(11-9-15)18(21)14(2)20(4)17-7-6-12-19(3)13-17/h8-11,14,17-18,21H,5-7,12-13H2,1-4H3. The van der Waals surface area contributed by atoms with Crippen LogP contribution in [0.1, 0.15) is 43.9 Å². The van der Waals surface area contributed by atoms with Crippen molar-refractivity contribution in [3.8, 4) is 0 Å². The molecule has 3 nitrogen and oxygen atoms in total. The molecule has 21 heavy (non-hydrogen) atoms. The van der Waals surface area contributed by atoms with E-state index in [1.54, 1.807) is 0 Å². The van der Waals surface area contributed by atoms with Crippen molar-refractivity contribution in [3.63, 3.8) is 0 Å². The third-order valence-electron chi connectivity index (χ3n) is 5.00. The van der Waals surface area contributed by atoms with Crippen molar-refractivity contribution < 1.29 is 5.11 Å². The first kappa shape index (κ1) is 16.5. The van der Waals surface area contributed by atoms with E-state index in [0.717, 1.165) is 18.5 Å². The van der Waals surface area contributed by atoms with Crippen molar-refractivity contribution >= 4 is 0 Å². The van der Waals surface area contributed by atoms with E-state index in [2.05, 4.69) is 62.0 Å². The number of likely N-dealkylation sites (tertiary alicyclic amines) is 1. The predicted molar refractivity (Wildman–Crippen MR) is 88.5 cm³/mol. The zero-order chi connectivity index (χ0) is 15.4. The molecule has 0 saturated carbocycles. The highest BCUT2D eigenvalue weighted by Gasteiger charge is 2.28. The molecule has 1 N–H and O–H groups in total. The SMILES string of the molecule is CCc1ccc(C(O)C(C)N(C)C2CCCN(C)C2)cc1. The van der Waals surface area contributed by atoms with Crippen molar-refractivity contribution in [1.29, 1.82) is 0 Å². The van der Waals surface area contributed by atoms with E-state index in [4.69, 9.17) is 0 Å². The molecule has 1 heterocycles. The summed E-state index contributed by atoms with van der Waals surface area (Å²) in [5.74, 6) is 0. The van der Waals surface area contributed by atoms with Crippen LogP contribution in [0.2, 0.25) is 0 Å². The Morgan fingerprint density at radius 2 is 2.00 bits per heavy atom. The highest BCUT2D eigenvalue weighted by Crippen LogP contribution is 2.24. The minimum absolute atomic E-state index is 0.133. The minimum Gasteiger partial charge on any atom is -0.387 e. The van der Waals surface area contributed by atoms with Gasteiger partial charge in [-0.1, -0.05) is 31.2 Å². The third kappa shape index (κ3) is 4.06. The van der Waals surface area contributed by atoms with Gasteiger partial charge in [-0.25, -0.2) is 0 Å². The second-order valence-electron chi connectivity index (χ2n) is 6.50. The zero-order valence-electron chi connectivity index (χ0n) is 13.9. The molecule has 118 valence electrons. The summed E-state index contributed by atoms with van der Waals surface area (Å²) in [6.45, 7) is 6.58. The lowest BCUT2D eigenvalue weighted by Gasteiger charge is -2.40. The van der Waals surface area contributed by atoms with Crippen LogP contribution in [-0.2, 0) is 6.42 Å². The molecule has 1 aromatic carbocycles. The summed E-state index contributed by atoms with van der Waals surface area (Å²) < 4.78 is 0. The molecule has 0 aliphatic carbocycles. The number of aliphatic hydroxyl groups is 1. The predicted octanol–water partition coefficient (Wildman–Crippen LogP) is 2.70. The van der Waals surface area contributed by atoms with E-state index in [1.807, 2.05) is 0 Å². The average Bonchev–Trinajstić information content (AvgIpc) is 2.53. The topological polar surface area (TPSA) is 26.7 Å². The van der Waals surface area contributed by atoms with E-state index >= 15 is 0 Å². The lowest BCUT2D eigenvalue weighted by Crippen LogP contribution is -2.49. The van der Waals surface area contributed by atoms with E-state index in [9.17, 15) is 5.11 Å². The number of likely N-dealkylation sites (N-methyl/N-ethyl adjacent to an activating group) is 2. The van der Waals surface area contributed by atoms with Gasteiger partial charge in [-0.15, -0.1) is 0 Å². The fraction of sp³-hybridized carbons (Fsp3) is 0.667. The van der Waals surface area contributed by atoms with Crippen LogP contribution in [0, 0.1) is 0 Å². The molecule has 1 aliphatic heterocycles. The van der Waals surface area contributed by atoms with Crippen molar-refractivity contribution in [2.24, 2.45) is 0 Å². The summed E-state index contributed by atoms with van der Waals surface area (Å²) >= 11 is 0. The molecule has 1 aliphatic rings. The Hall–Kier alpha value is -0.900. The molecule has 0 aromatic heterocycles. The first-order valence-corrected chi connectivity index (χ1v) is 8.20. The molecule has 1 saturated heterocycles. The molecule has 0 bridgehead atoms. The monoisotopic (exact) mass is 290 g/mol. The largest absolute Gasteiger partial charge is 0.387 e. The molecule has 0 amide bonds. The quantitative estimate of drug-likeness (QED) is 0.903. The normalized spacial score (nSPS) is 23.2. The van der Waals surface area contributed by atoms with E-state index in [0.29, 0.717) is 6.04 Å². The first-order chi connectivity index (χ1) is 10.0. The molecule has 1 aromatic rings. The summed E-state index contributed by atoms with van der Waals surface area (Å²) in [7, 11) is 4.34. The molecule has 3 unspecified atom stereocenters. The van der Waals surface area contributed by atoms with E-state index in [-0.39, 0.29) is 6.04 Å². The van der Waals surface area contributed by atoms with Crippen LogP contribution in [0.5, 0.6) is 0 Å². The summed E-state index contributed by atoms with van der Waals surface area (Å²) in [6.07, 6.45) is 3.10. The second kappa shape index (κ2) is 7.39. The smallest absolute Gasteiger partial charge is 0.0942 e. The Balaban J connectivity index is 2.01. The number of benzene rings is 1. The minimum atomic E-state index is -0.423. The second-order valence-corrected chi connectivity index (χ2v) is 6.50. The van der Waals surface area contributed by atoms with Gasteiger partial charge in [0, 0.05) is 18.6 Å². The van der Waals surface area contributed by atoms with Gasteiger partial charge in [0.1, 0.15) is 0 Å². The van der Waals surface area contributed by atoms with Crippen LogP contribution < -0.4 is 0 Å². The van der Waals surface area contributed by atoms with Gasteiger partial charge in [-0.05, 0) is 58.0 Å². The van der Waals surface area contributed by atoms with E-state index in [1.165, 1.54) is 24.9 Å². The maximum absolute atomic E-state index is 10.7. The van der Waals surface area contributed by atoms with Crippen LogP contribution in [0.4, 0.5) is 0 Å². The Morgan fingerprint density at radius 1 is 1.33 bits per heavy atom. The van der Waals surface area contributed by atoms with Gasteiger partial charge < -0.3 is 10.0 Å². The molecule has 0 radical (unpaired) electrons. The van der Waals surface area contributed by atoms with Crippen LogP contribution >= 0.6 is 0 Å². The highest BCUT2D eigenvalue weighted by atomic mass is 16.3. The summed E-state index contributed by atoms with van der Waals surface area (Å²) in [5.41, 5.74) is 2.34. The fourth-order valence-corrected chi connectivity index (χ4v) is 3.26. The number of nitrogens with zero attached hydrogens (tertiary/aromatic N) is 2. The highest BCUT2D eigenvalue weighted by molar-refractivity contribution is 5.25. The molecule has 0 spiro atoms. The molecule has 3 atom stereocenters. The number of aliphatic hydroxyl groups excluding tert-OH is 1. The van der Waals surface area contributed by atoms with Gasteiger partial charge in [-0.2, -0.15) is 0 Å². The Kier molecular flexibility index (Phi) is 5.80. The number of rotatable bonds is 5. The lowest BCUT2D eigenvalue weighted by atomic mass is 9.97. The summed E-state index contributed by atoms with van der Waals surface area (Å²) in [6, 6.07) is 9.07. The maximum Gasteiger partial charge on any atom is 0.0942 e. The number of hydrogen-bond donors (Lipinski definition) is 1. The van der Waals surface area contributed by atoms with Gasteiger partial charge in [0.25, 0.3) is 0 Å². The van der Waals surface area contributed by atoms with Crippen LogP contribution in [0.3, 0.4) is 0 Å². The first-order valence-electron chi connectivity index (χ1n) is 8.20. The van der Waals surface area contributed by atoms with Crippen LogP contribution in [0.25, 0.3) is 0 Å². The molecule has 2 rings (SSSR count). The molecular weight excluding hydrogens is 260 g/mol. The van der Waals surface area contributed by atoms with Gasteiger partial charge in [-0.3, -0.25) is 4.90 Å². The van der Waals surface area contributed by atoms with Crippen molar-refractivity contribution in [1.82, 2.24) is 9.80 Å². The van der Waals surface area contributed by atoms with Crippen molar-refractivity contribution in [3.05, 3.63) is 35.4 Å². The van der Waals surface area contributed by atoms with Gasteiger partial charge in [0.2, 0.25) is 0 Å². The molecular formula is C18H30N2O. The van der Waals surface area contributed by atoms with Gasteiger partial charge >= 0.3 is 0 Å². The zero-order valence-corrected chi connectivity index (χ0v) is 13.9. The van der Waals surface area contributed by atoms with Crippen LogP contribution in [-0.4, -0.2) is 54.2 Å². The van der Waals surface area contributed by atoms with Crippen molar-refractivity contribution in [2.45, 2.75) is 51.3 Å². The number of aryl methyl sites for hydroxylation is 1. The van der Waals surface area contributed by atoms with Gasteiger partial charge in [0.05, 0.1) is 6.10 Å². The maximum atomic E-state index is 10.7. The van der Waals surface area contributed by atoms with Gasteiger partial charge in [0.15, 0.2) is 0 Å². The van der Waals surface area contributed by atoms with Crippen LogP contribution in [0.15, 0.2) is 24.3 Å². The fourth-order valence-electron chi connectivity index (χ4n) is 3.26. The number of hydrogen-bond acceptors (Lipinski definition) is 3. The third-order valence-corrected chi connectivity index (χ3v) is 5.00. The summed E-state index contributed by atoms with van der Waals surface area (Å²) in [4.78, 5) is 4.74. The lowest BCUT2D eigenvalue weighted by molar-refractivity contribution is 0.0275. The Bertz CT molecular complexity index is 431. The molecule has 1 fully saturated rings. The molecule has 3 heteroatoms. The van der Waals surface area contributed by atoms with E-state index < -0.39 is 6.10 Å². The Morgan fingerprint density at radius 3 is 2.57 bits per heavy atom. The average molecular weight is 290 g/mol. The number of piperidine rings is 1. The Labute approximate surface area is 129 Å². The van der Waals surface area contributed by atoms with Crippen molar-refractivity contribution in [2.75, 3.05) is 27.2 Å².